The molecule has 2 aromatic rings. The number of rotatable bonds is 2. The first-order chi connectivity index (χ1) is 6.77. The Morgan fingerprint density at radius 3 is 2.71 bits per heavy atom. The van der Waals surface area contributed by atoms with Crippen molar-refractivity contribution >= 4 is 33.0 Å². The molecule has 0 bridgehead atoms. The lowest BCUT2D eigenvalue weighted by atomic mass is 10.0. The first kappa shape index (κ1) is 10.0. The topological polar surface area (TPSA) is 0 Å². The van der Waals surface area contributed by atoms with Crippen molar-refractivity contribution < 1.29 is 0 Å². The van der Waals surface area contributed by atoms with Gasteiger partial charge in [-0.05, 0) is 35.4 Å². The molecule has 0 amide bonds. The Labute approximate surface area is 93.5 Å². The number of halogens is 1. The predicted octanol–water partition coefficient (Wildman–Crippen LogP) is 4.51. The molecular weight excluding hydrogens is 212 g/mol. The van der Waals surface area contributed by atoms with E-state index in [1.165, 1.54) is 26.8 Å². The molecule has 2 rings (SSSR count). The van der Waals surface area contributed by atoms with Gasteiger partial charge in [0, 0.05) is 16.0 Å². The van der Waals surface area contributed by atoms with Crippen LogP contribution in [-0.4, -0.2) is 0 Å². The molecule has 0 unspecified atom stereocenters. The van der Waals surface area contributed by atoms with E-state index in [0.29, 0.717) is 5.88 Å². The second-order valence-electron chi connectivity index (χ2n) is 3.49. The number of alkyl halides is 1. The molecule has 0 saturated heterocycles. The lowest BCUT2D eigenvalue weighted by Crippen LogP contribution is -1.85. The normalized spacial score (nSPS) is 11.1. The van der Waals surface area contributed by atoms with E-state index in [1.54, 1.807) is 0 Å². The Hall–Kier alpha value is -0.530. The SMILES string of the molecule is CCc1csc2c(C)ccc(CCl)c12. The van der Waals surface area contributed by atoms with Crippen LogP contribution in [0.25, 0.3) is 10.1 Å². The zero-order valence-electron chi connectivity index (χ0n) is 8.43. The Morgan fingerprint density at radius 1 is 1.29 bits per heavy atom. The summed E-state index contributed by atoms with van der Waals surface area (Å²) in [6, 6.07) is 4.31. The van der Waals surface area contributed by atoms with E-state index < -0.39 is 0 Å². The maximum atomic E-state index is 5.95. The average molecular weight is 225 g/mol. The second-order valence-corrected chi connectivity index (χ2v) is 4.64. The van der Waals surface area contributed by atoms with Crippen LogP contribution in [0.3, 0.4) is 0 Å². The van der Waals surface area contributed by atoms with Gasteiger partial charge in [0.1, 0.15) is 0 Å². The molecule has 14 heavy (non-hydrogen) atoms. The molecule has 1 aromatic heterocycles. The molecule has 0 atom stereocenters. The minimum atomic E-state index is 0.612. The van der Waals surface area contributed by atoms with Crippen molar-refractivity contribution in [3.8, 4) is 0 Å². The Balaban J connectivity index is 2.82. The summed E-state index contributed by atoms with van der Waals surface area (Å²) in [7, 11) is 0. The van der Waals surface area contributed by atoms with Crippen LogP contribution >= 0.6 is 22.9 Å². The van der Waals surface area contributed by atoms with Crippen LogP contribution in [0.5, 0.6) is 0 Å². The van der Waals surface area contributed by atoms with E-state index in [4.69, 9.17) is 11.6 Å². The third-order valence-electron chi connectivity index (χ3n) is 2.61. The summed E-state index contributed by atoms with van der Waals surface area (Å²) >= 11 is 7.78. The third kappa shape index (κ3) is 1.45. The third-order valence-corrected chi connectivity index (χ3v) is 4.06. The molecule has 0 aliphatic heterocycles. The molecule has 0 fully saturated rings. The van der Waals surface area contributed by atoms with Crippen LogP contribution in [0, 0.1) is 6.92 Å². The first-order valence-electron chi connectivity index (χ1n) is 4.82. The lowest BCUT2D eigenvalue weighted by Gasteiger charge is -2.03. The van der Waals surface area contributed by atoms with Crippen LogP contribution in [0.1, 0.15) is 23.6 Å². The minimum absolute atomic E-state index is 0.612. The quantitative estimate of drug-likeness (QED) is 0.659. The maximum absolute atomic E-state index is 5.95. The standard InChI is InChI=1S/C12H13ClS/c1-3-9-7-14-12-8(2)4-5-10(6-13)11(9)12/h4-5,7H,3,6H2,1-2H3. The van der Waals surface area contributed by atoms with Crippen molar-refractivity contribution in [2.24, 2.45) is 0 Å². The van der Waals surface area contributed by atoms with E-state index in [1.807, 2.05) is 11.3 Å². The second kappa shape index (κ2) is 3.92. The van der Waals surface area contributed by atoms with Crippen molar-refractivity contribution in [1.29, 1.82) is 0 Å². The molecule has 0 aliphatic carbocycles. The van der Waals surface area contributed by atoms with E-state index in [9.17, 15) is 0 Å². The van der Waals surface area contributed by atoms with Crippen LogP contribution in [0.2, 0.25) is 0 Å². The highest BCUT2D eigenvalue weighted by Gasteiger charge is 2.08. The summed E-state index contributed by atoms with van der Waals surface area (Å²) in [6.45, 7) is 4.36. The number of aryl methyl sites for hydroxylation is 2. The molecule has 0 aliphatic rings. The number of benzene rings is 1. The van der Waals surface area contributed by atoms with Gasteiger partial charge in [0.15, 0.2) is 0 Å². The first-order valence-corrected chi connectivity index (χ1v) is 6.23. The highest BCUT2D eigenvalue weighted by atomic mass is 35.5. The minimum Gasteiger partial charge on any atom is -0.143 e. The van der Waals surface area contributed by atoms with Crippen LogP contribution in [0.4, 0.5) is 0 Å². The summed E-state index contributed by atoms with van der Waals surface area (Å²) in [4.78, 5) is 0. The van der Waals surface area contributed by atoms with Crippen molar-refractivity contribution in [1.82, 2.24) is 0 Å². The monoisotopic (exact) mass is 224 g/mol. The smallest absolute Gasteiger partial charge is 0.0480 e. The summed E-state index contributed by atoms with van der Waals surface area (Å²) < 4.78 is 1.40. The summed E-state index contributed by atoms with van der Waals surface area (Å²) in [5.74, 6) is 0.612. The van der Waals surface area contributed by atoms with E-state index >= 15 is 0 Å². The van der Waals surface area contributed by atoms with E-state index in [0.717, 1.165) is 6.42 Å². The van der Waals surface area contributed by atoms with Gasteiger partial charge >= 0.3 is 0 Å². The summed E-state index contributed by atoms with van der Waals surface area (Å²) in [6.07, 6.45) is 1.09. The Morgan fingerprint density at radius 2 is 2.07 bits per heavy atom. The Kier molecular flexibility index (Phi) is 2.80. The zero-order chi connectivity index (χ0) is 10.1. The van der Waals surface area contributed by atoms with Gasteiger partial charge in [0.05, 0.1) is 0 Å². The van der Waals surface area contributed by atoms with Crippen LogP contribution in [0.15, 0.2) is 17.5 Å². The lowest BCUT2D eigenvalue weighted by molar-refractivity contribution is 1.17. The fourth-order valence-electron chi connectivity index (χ4n) is 1.79. The molecule has 1 aromatic carbocycles. The fraction of sp³-hybridized carbons (Fsp3) is 0.333. The van der Waals surface area contributed by atoms with Gasteiger partial charge in [0.2, 0.25) is 0 Å². The van der Waals surface area contributed by atoms with E-state index in [-0.39, 0.29) is 0 Å². The van der Waals surface area contributed by atoms with Gasteiger partial charge in [-0.25, -0.2) is 0 Å². The van der Waals surface area contributed by atoms with E-state index in [2.05, 4.69) is 31.4 Å². The number of fused-ring (bicyclic) bond motifs is 1. The summed E-state index contributed by atoms with van der Waals surface area (Å²) in [5, 5.41) is 3.65. The predicted molar refractivity (Wildman–Crippen MR) is 65.5 cm³/mol. The molecule has 0 radical (unpaired) electrons. The number of hydrogen-bond acceptors (Lipinski definition) is 1. The molecule has 74 valence electrons. The maximum Gasteiger partial charge on any atom is 0.0480 e. The van der Waals surface area contributed by atoms with Crippen LogP contribution in [-0.2, 0) is 12.3 Å². The van der Waals surface area contributed by atoms with Gasteiger partial charge in [-0.3, -0.25) is 0 Å². The molecule has 0 saturated carbocycles. The molecule has 0 N–H and O–H groups in total. The highest BCUT2D eigenvalue weighted by Crippen LogP contribution is 2.32. The van der Waals surface area contributed by atoms with Gasteiger partial charge in [-0.15, -0.1) is 22.9 Å². The van der Waals surface area contributed by atoms with Crippen molar-refractivity contribution in [3.05, 3.63) is 34.2 Å². The summed E-state index contributed by atoms with van der Waals surface area (Å²) in [5.41, 5.74) is 4.06. The zero-order valence-corrected chi connectivity index (χ0v) is 10.0. The van der Waals surface area contributed by atoms with Gasteiger partial charge in [0.25, 0.3) is 0 Å². The highest BCUT2D eigenvalue weighted by molar-refractivity contribution is 7.17. The fourth-order valence-corrected chi connectivity index (χ4v) is 3.19. The number of hydrogen-bond donors (Lipinski definition) is 0. The van der Waals surface area contributed by atoms with Gasteiger partial charge in [-0.1, -0.05) is 19.1 Å². The number of thiophene rings is 1. The van der Waals surface area contributed by atoms with Gasteiger partial charge in [-0.2, -0.15) is 0 Å². The van der Waals surface area contributed by atoms with Crippen molar-refractivity contribution in [2.45, 2.75) is 26.1 Å². The van der Waals surface area contributed by atoms with Crippen LogP contribution < -0.4 is 0 Å². The van der Waals surface area contributed by atoms with Crippen molar-refractivity contribution in [3.63, 3.8) is 0 Å². The molecule has 2 heteroatoms. The van der Waals surface area contributed by atoms with Gasteiger partial charge < -0.3 is 0 Å². The Bertz CT molecular complexity index is 457. The largest absolute Gasteiger partial charge is 0.143 e. The molecular formula is C12H13ClS. The van der Waals surface area contributed by atoms with Crippen molar-refractivity contribution in [2.75, 3.05) is 0 Å². The molecule has 0 nitrogen and oxygen atoms in total. The molecule has 0 spiro atoms. The average Bonchev–Trinajstić information content (AvgIpc) is 2.63. The molecule has 1 heterocycles.